The molecule has 0 N–H and O–H groups in total. The molecule has 174 valence electrons. The predicted molar refractivity (Wildman–Crippen MR) is 137 cm³/mol. The van der Waals surface area contributed by atoms with E-state index in [0.29, 0.717) is 12.0 Å². The van der Waals surface area contributed by atoms with E-state index in [2.05, 4.69) is 53.0 Å². The molecule has 4 heterocycles. The van der Waals surface area contributed by atoms with Crippen LogP contribution >= 0.6 is 0 Å². The third-order valence-electron chi connectivity index (χ3n) is 7.20. The van der Waals surface area contributed by atoms with E-state index in [1.54, 1.807) is 0 Å². The molecule has 3 aromatic rings. The summed E-state index contributed by atoms with van der Waals surface area (Å²) >= 11 is 0. The van der Waals surface area contributed by atoms with Gasteiger partial charge in [0.05, 0.1) is 18.3 Å². The van der Waals surface area contributed by atoms with E-state index < -0.39 is 0 Å². The summed E-state index contributed by atoms with van der Waals surface area (Å²) in [6, 6.07) is 11.2. The van der Waals surface area contributed by atoms with Gasteiger partial charge in [-0.15, -0.1) is 0 Å². The fraction of sp³-hybridized carbons (Fsp3) is 0.407. The Labute approximate surface area is 200 Å². The zero-order valence-corrected chi connectivity index (χ0v) is 19.9. The van der Waals surface area contributed by atoms with Gasteiger partial charge in [-0.3, -0.25) is 14.5 Å². The molecule has 7 heteroatoms. The van der Waals surface area contributed by atoms with Gasteiger partial charge in [-0.2, -0.15) is 4.98 Å². The standard InChI is InChI=1S/C27H31N7/c1-3-22-25-30-19(2)10-9-16-32(25)23-18-29-27(31-26(23)34(22)21-13-7-8-14-21)33-17-15-28-24(33)20-11-5-4-6-12-20/h4-6,9,11-12,15-19,21-22H,3,7-8,10,13-14H2,1-2H3. The van der Waals surface area contributed by atoms with Crippen LogP contribution in [0.25, 0.3) is 17.3 Å². The average molecular weight is 454 g/mol. The number of rotatable bonds is 4. The maximum atomic E-state index is 5.21. The molecule has 1 saturated carbocycles. The maximum absolute atomic E-state index is 5.21. The Morgan fingerprint density at radius 2 is 1.88 bits per heavy atom. The van der Waals surface area contributed by atoms with Crippen molar-refractivity contribution in [2.75, 3.05) is 9.80 Å². The Bertz CT molecular complexity index is 1220. The maximum Gasteiger partial charge on any atom is 0.237 e. The van der Waals surface area contributed by atoms with E-state index in [4.69, 9.17) is 15.0 Å². The van der Waals surface area contributed by atoms with Gasteiger partial charge >= 0.3 is 0 Å². The number of benzene rings is 1. The molecule has 2 atom stereocenters. The van der Waals surface area contributed by atoms with Gasteiger partial charge in [-0.05, 0) is 32.6 Å². The van der Waals surface area contributed by atoms with Crippen LogP contribution in [0.5, 0.6) is 0 Å². The molecular formula is C27H31N7. The molecule has 1 fully saturated rings. The monoisotopic (exact) mass is 453 g/mol. The summed E-state index contributed by atoms with van der Waals surface area (Å²) in [7, 11) is 0. The summed E-state index contributed by atoms with van der Waals surface area (Å²) in [5.74, 6) is 3.64. The fourth-order valence-electron chi connectivity index (χ4n) is 5.59. The molecule has 0 radical (unpaired) electrons. The third kappa shape index (κ3) is 3.50. The van der Waals surface area contributed by atoms with Crippen LogP contribution in [0.15, 0.2) is 66.2 Å². The van der Waals surface area contributed by atoms with E-state index in [9.17, 15) is 0 Å². The number of nitrogens with zero attached hydrogens (tertiary/aromatic N) is 7. The number of aromatic nitrogens is 4. The van der Waals surface area contributed by atoms with Crippen molar-refractivity contribution in [2.45, 2.75) is 70.5 Å². The summed E-state index contributed by atoms with van der Waals surface area (Å²) in [6.07, 6.45) is 17.0. The summed E-state index contributed by atoms with van der Waals surface area (Å²) in [6.45, 7) is 4.47. The highest BCUT2D eigenvalue weighted by molar-refractivity contribution is 6.09. The normalized spacial score (nSPS) is 22.4. The summed E-state index contributed by atoms with van der Waals surface area (Å²) < 4.78 is 1.99. The van der Waals surface area contributed by atoms with Crippen molar-refractivity contribution < 1.29 is 0 Å². The molecule has 1 aliphatic carbocycles. The van der Waals surface area contributed by atoms with Crippen molar-refractivity contribution in [2.24, 2.45) is 4.99 Å². The van der Waals surface area contributed by atoms with E-state index in [1.807, 2.05) is 41.4 Å². The number of aliphatic imine (C=N–C) groups is 1. The zero-order valence-electron chi connectivity index (χ0n) is 19.9. The van der Waals surface area contributed by atoms with Gasteiger partial charge < -0.3 is 4.90 Å². The Balaban J connectivity index is 1.51. The van der Waals surface area contributed by atoms with Crippen LogP contribution in [0.1, 0.15) is 52.4 Å². The lowest BCUT2D eigenvalue weighted by Crippen LogP contribution is -2.55. The van der Waals surface area contributed by atoms with E-state index in [0.717, 1.165) is 41.6 Å². The third-order valence-corrected chi connectivity index (χ3v) is 7.20. The lowest BCUT2D eigenvalue weighted by molar-refractivity contribution is 0.545. The quantitative estimate of drug-likeness (QED) is 0.531. The van der Waals surface area contributed by atoms with Crippen molar-refractivity contribution in [3.8, 4) is 17.3 Å². The largest absolute Gasteiger partial charge is 0.342 e. The number of anilines is 2. The van der Waals surface area contributed by atoms with Crippen molar-refractivity contribution in [3.63, 3.8) is 0 Å². The van der Waals surface area contributed by atoms with Gasteiger partial charge in [0, 0.05) is 30.2 Å². The van der Waals surface area contributed by atoms with Gasteiger partial charge in [0.2, 0.25) is 5.95 Å². The molecule has 0 saturated heterocycles. The lowest BCUT2D eigenvalue weighted by Gasteiger charge is -2.45. The molecule has 2 aromatic heterocycles. The predicted octanol–water partition coefficient (Wildman–Crippen LogP) is 5.38. The first-order valence-electron chi connectivity index (χ1n) is 12.5. The summed E-state index contributed by atoms with van der Waals surface area (Å²) in [4.78, 5) is 24.6. The van der Waals surface area contributed by atoms with Crippen LogP contribution in [0.4, 0.5) is 11.5 Å². The molecular weight excluding hydrogens is 422 g/mol. The van der Waals surface area contributed by atoms with Crippen LogP contribution in [-0.4, -0.2) is 43.5 Å². The molecule has 2 unspecified atom stereocenters. The van der Waals surface area contributed by atoms with Gasteiger partial charge in [0.25, 0.3) is 0 Å². The Morgan fingerprint density at radius 3 is 2.68 bits per heavy atom. The zero-order chi connectivity index (χ0) is 23.1. The average Bonchev–Trinajstić information content (AvgIpc) is 3.54. The molecule has 6 rings (SSSR count). The minimum absolute atomic E-state index is 0.208. The molecule has 0 spiro atoms. The molecule has 3 aliphatic rings. The number of hydrogen-bond donors (Lipinski definition) is 0. The van der Waals surface area contributed by atoms with Crippen LogP contribution < -0.4 is 9.80 Å². The van der Waals surface area contributed by atoms with Crippen LogP contribution in [-0.2, 0) is 0 Å². The number of imidazole rings is 1. The van der Waals surface area contributed by atoms with Crippen LogP contribution in [0.3, 0.4) is 0 Å². The first kappa shape index (κ1) is 21.1. The van der Waals surface area contributed by atoms with Crippen molar-refractivity contribution in [1.29, 1.82) is 0 Å². The van der Waals surface area contributed by atoms with Crippen molar-refractivity contribution >= 4 is 17.3 Å². The molecule has 0 amide bonds. The van der Waals surface area contributed by atoms with Gasteiger partial charge in [0.1, 0.15) is 17.3 Å². The Kier molecular flexibility index (Phi) is 5.40. The van der Waals surface area contributed by atoms with E-state index >= 15 is 0 Å². The van der Waals surface area contributed by atoms with Gasteiger partial charge in [-0.1, -0.05) is 56.2 Å². The van der Waals surface area contributed by atoms with Crippen molar-refractivity contribution in [3.05, 3.63) is 61.2 Å². The second-order valence-corrected chi connectivity index (χ2v) is 9.46. The molecule has 1 aromatic carbocycles. The lowest BCUT2D eigenvalue weighted by atomic mass is 10.0. The van der Waals surface area contributed by atoms with Crippen molar-refractivity contribution in [1.82, 2.24) is 19.5 Å². The number of hydrogen-bond acceptors (Lipinski definition) is 6. The Hall–Kier alpha value is -3.48. The minimum Gasteiger partial charge on any atom is -0.342 e. The highest BCUT2D eigenvalue weighted by Crippen LogP contribution is 2.41. The van der Waals surface area contributed by atoms with Gasteiger partial charge in [-0.25, -0.2) is 9.97 Å². The molecule has 2 aliphatic heterocycles. The first-order valence-corrected chi connectivity index (χ1v) is 12.5. The molecule has 34 heavy (non-hydrogen) atoms. The SMILES string of the molecule is CCC1C2=NC(C)CC=CN2c2cnc(-n3ccnc3-c3ccccc3)nc2N1C1CCCC1. The fourth-order valence-corrected chi connectivity index (χ4v) is 5.59. The van der Waals surface area contributed by atoms with E-state index in [-0.39, 0.29) is 12.1 Å². The molecule has 7 nitrogen and oxygen atoms in total. The minimum atomic E-state index is 0.208. The second-order valence-electron chi connectivity index (χ2n) is 9.46. The van der Waals surface area contributed by atoms with Crippen LogP contribution in [0, 0.1) is 0 Å². The number of fused-ring (bicyclic) bond motifs is 3. The Morgan fingerprint density at radius 1 is 1.06 bits per heavy atom. The summed E-state index contributed by atoms with van der Waals surface area (Å²) in [5.41, 5.74) is 2.07. The van der Waals surface area contributed by atoms with E-state index in [1.165, 1.54) is 25.7 Å². The van der Waals surface area contributed by atoms with Crippen LogP contribution in [0.2, 0.25) is 0 Å². The number of amidine groups is 1. The smallest absolute Gasteiger partial charge is 0.237 e. The highest BCUT2D eigenvalue weighted by atomic mass is 15.4. The first-order chi connectivity index (χ1) is 16.7. The highest BCUT2D eigenvalue weighted by Gasteiger charge is 2.41. The molecule has 0 bridgehead atoms. The summed E-state index contributed by atoms with van der Waals surface area (Å²) in [5, 5.41) is 0. The topological polar surface area (TPSA) is 62.4 Å². The van der Waals surface area contributed by atoms with Gasteiger partial charge in [0.15, 0.2) is 5.82 Å². The second kappa shape index (κ2) is 8.70.